The lowest BCUT2D eigenvalue weighted by Gasteiger charge is -2.17. The van der Waals surface area contributed by atoms with E-state index in [1.807, 2.05) is 37.3 Å². The summed E-state index contributed by atoms with van der Waals surface area (Å²) in [5.41, 5.74) is 1.10. The number of rotatable bonds is 8. The summed E-state index contributed by atoms with van der Waals surface area (Å²) in [5, 5.41) is 0. The van der Waals surface area contributed by atoms with Gasteiger partial charge in [-0.05, 0) is 17.9 Å². The first kappa shape index (κ1) is 17.0. The molecule has 1 amide bonds. The van der Waals surface area contributed by atoms with Crippen molar-refractivity contribution in [2.75, 3.05) is 18.8 Å². The Balaban J connectivity index is 1.82. The molecule has 0 spiro atoms. The van der Waals surface area contributed by atoms with Crippen LogP contribution in [0, 0.1) is 5.92 Å². The van der Waals surface area contributed by atoms with Gasteiger partial charge in [0.15, 0.2) is 0 Å². The minimum Gasteiger partial charge on any atom is -0.338 e. The van der Waals surface area contributed by atoms with Crippen LogP contribution in [0.2, 0.25) is 0 Å². The number of hydrogen-bond acceptors (Lipinski definition) is 3. The average Bonchev–Trinajstić information content (AvgIpc) is 2.85. The molecule has 1 aromatic carbocycles. The van der Waals surface area contributed by atoms with Gasteiger partial charge in [0.25, 0.3) is 0 Å². The number of unbranched alkanes of at least 4 members (excludes halogenated alkanes) is 1. The van der Waals surface area contributed by atoms with Gasteiger partial charge >= 0.3 is 0 Å². The van der Waals surface area contributed by atoms with Crippen LogP contribution in [0.25, 0.3) is 0 Å². The summed E-state index contributed by atoms with van der Waals surface area (Å²) in [4.78, 5) is 13.8. The third-order valence-electron chi connectivity index (χ3n) is 3.87. The Morgan fingerprint density at radius 2 is 2.00 bits per heavy atom. The number of nitrogens with zero attached hydrogens (tertiary/aromatic N) is 1. The van der Waals surface area contributed by atoms with Gasteiger partial charge in [-0.25, -0.2) is 13.1 Å². The molecule has 1 fully saturated rings. The monoisotopic (exact) mass is 324 g/mol. The van der Waals surface area contributed by atoms with Gasteiger partial charge < -0.3 is 4.90 Å². The number of benzene rings is 1. The highest BCUT2D eigenvalue weighted by Gasteiger charge is 2.30. The predicted molar refractivity (Wildman–Crippen MR) is 86.7 cm³/mol. The third kappa shape index (κ3) is 5.10. The zero-order valence-electron chi connectivity index (χ0n) is 13.0. The molecule has 22 heavy (non-hydrogen) atoms. The molecule has 1 unspecified atom stereocenters. The smallest absolute Gasteiger partial charge is 0.223 e. The normalized spacial score (nSPS) is 18.9. The first-order chi connectivity index (χ1) is 10.5. The number of carbonyl (C=O) groups excluding carboxylic acids is 1. The zero-order chi connectivity index (χ0) is 16.0. The van der Waals surface area contributed by atoms with Gasteiger partial charge in [0.05, 0.1) is 5.75 Å². The molecular weight excluding hydrogens is 300 g/mol. The van der Waals surface area contributed by atoms with Crippen molar-refractivity contribution in [3.8, 4) is 0 Å². The Kier molecular flexibility index (Phi) is 5.97. The fourth-order valence-corrected chi connectivity index (χ4v) is 3.90. The van der Waals surface area contributed by atoms with Crippen LogP contribution in [0.3, 0.4) is 0 Å². The van der Waals surface area contributed by atoms with Crippen LogP contribution in [0.5, 0.6) is 0 Å². The second-order valence-electron chi connectivity index (χ2n) is 5.85. The zero-order valence-corrected chi connectivity index (χ0v) is 13.8. The molecule has 0 saturated carbocycles. The summed E-state index contributed by atoms with van der Waals surface area (Å²) in [6.45, 7) is 3.53. The molecule has 0 bridgehead atoms. The topological polar surface area (TPSA) is 66.5 Å². The summed E-state index contributed by atoms with van der Waals surface area (Å²) in [5.74, 6) is 0.326. The number of hydrogen-bond donors (Lipinski definition) is 1. The first-order valence-corrected chi connectivity index (χ1v) is 9.44. The second-order valence-corrected chi connectivity index (χ2v) is 7.78. The van der Waals surface area contributed by atoms with Crippen LogP contribution in [-0.2, 0) is 21.4 Å². The maximum atomic E-state index is 12.0. The molecule has 0 radical (unpaired) electrons. The molecule has 1 aliphatic heterocycles. The van der Waals surface area contributed by atoms with E-state index in [1.54, 1.807) is 4.90 Å². The van der Waals surface area contributed by atoms with Gasteiger partial charge in [0, 0.05) is 26.1 Å². The Bertz CT molecular complexity index is 587. The van der Waals surface area contributed by atoms with Crippen LogP contribution >= 0.6 is 0 Å². The van der Waals surface area contributed by atoms with Gasteiger partial charge in [-0.1, -0.05) is 43.7 Å². The van der Waals surface area contributed by atoms with Crippen molar-refractivity contribution in [2.24, 2.45) is 5.92 Å². The molecule has 2 rings (SSSR count). The van der Waals surface area contributed by atoms with Crippen molar-refractivity contribution in [3.05, 3.63) is 35.9 Å². The lowest BCUT2D eigenvalue weighted by atomic mass is 10.1. The van der Waals surface area contributed by atoms with E-state index in [2.05, 4.69) is 4.72 Å². The molecule has 1 aliphatic rings. The van der Waals surface area contributed by atoms with Gasteiger partial charge in [-0.2, -0.15) is 0 Å². The molecular formula is C16H24N2O3S. The minimum atomic E-state index is -3.20. The summed E-state index contributed by atoms with van der Waals surface area (Å²) in [6.07, 6.45) is 1.94. The van der Waals surface area contributed by atoms with E-state index in [-0.39, 0.29) is 17.6 Å². The standard InChI is InChI=1S/C16H24N2O3S/c1-2-3-9-22(20,21)17-11-15-10-16(19)18(13-15)12-14-7-5-4-6-8-14/h4-8,15,17H,2-3,9-13H2,1H3. The average molecular weight is 324 g/mol. The van der Waals surface area contributed by atoms with Crippen LogP contribution in [0.15, 0.2) is 30.3 Å². The van der Waals surface area contributed by atoms with Crippen LogP contribution < -0.4 is 4.72 Å². The SMILES string of the molecule is CCCCS(=O)(=O)NCC1CC(=O)N(Cc2ccccc2)C1. The van der Waals surface area contributed by atoms with E-state index in [0.717, 1.165) is 12.0 Å². The molecule has 0 aromatic heterocycles. The van der Waals surface area contributed by atoms with E-state index in [0.29, 0.717) is 32.5 Å². The van der Waals surface area contributed by atoms with Crippen molar-refractivity contribution in [3.63, 3.8) is 0 Å². The molecule has 1 heterocycles. The first-order valence-electron chi connectivity index (χ1n) is 7.79. The van der Waals surface area contributed by atoms with Crippen molar-refractivity contribution in [1.82, 2.24) is 9.62 Å². The van der Waals surface area contributed by atoms with Gasteiger partial charge in [-0.3, -0.25) is 4.79 Å². The van der Waals surface area contributed by atoms with E-state index in [4.69, 9.17) is 0 Å². The number of likely N-dealkylation sites (tertiary alicyclic amines) is 1. The van der Waals surface area contributed by atoms with Crippen LogP contribution in [-0.4, -0.2) is 38.1 Å². The van der Waals surface area contributed by atoms with Crippen molar-refractivity contribution in [1.29, 1.82) is 0 Å². The summed E-state index contributed by atoms with van der Waals surface area (Å²) >= 11 is 0. The van der Waals surface area contributed by atoms with Crippen molar-refractivity contribution < 1.29 is 13.2 Å². The largest absolute Gasteiger partial charge is 0.338 e. The molecule has 5 nitrogen and oxygen atoms in total. The molecule has 1 atom stereocenters. The maximum Gasteiger partial charge on any atom is 0.223 e. The van der Waals surface area contributed by atoms with Crippen molar-refractivity contribution >= 4 is 15.9 Å². The quantitative estimate of drug-likeness (QED) is 0.792. The second kappa shape index (κ2) is 7.74. The van der Waals surface area contributed by atoms with E-state index in [9.17, 15) is 13.2 Å². The highest BCUT2D eigenvalue weighted by Crippen LogP contribution is 2.19. The fraction of sp³-hybridized carbons (Fsp3) is 0.562. The predicted octanol–water partition coefficient (Wildman–Crippen LogP) is 1.75. The van der Waals surface area contributed by atoms with Crippen LogP contribution in [0.1, 0.15) is 31.7 Å². The van der Waals surface area contributed by atoms with E-state index < -0.39 is 10.0 Å². The highest BCUT2D eigenvalue weighted by molar-refractivity contribution is 7.89. The van der Waals surface area contributed by atoms with Crippen molar-refractivity contribution in [2.45, 2.75) is 32.7 Å². The molecule has 1 aromatic rings. The number of amides is 1. The molecule has 122 valence electrons. The highest BCUT2D eigenvalue weighted by atomic mass is 32.2. The summed E-state index contributed by atoms with van der Waals surface area (Å²) in [6, 6.07) is 9.84. The Morgan fingerprint density at radius 1 is 1.27 bits per heavy atom. The molecule has 6 heteroatoms. The number of nitrogens with one attached hydrogen (secondary N) is 1. The fourth-order valence-electron chi connectivity index (χ4n) is 2.60. The summed E-state index contributed by atoms with van der Waals surface area (Å²) in [7, 11) is -3.20. The van der Waals surface area contributed by atoms with Gasteiger partial charge in [0.1, 0.15) is 0 Å². The van der Waals surface area contributed by atoms with Crippen LogP contribution in [0.4, 0.5) is 0 Å². The molecule has 0 aliphatic carbocycles. The Hall–Kier alpha value is -1.40. The summed E-state index contributed by atoms with van der Waals surface area (Å²) < 4.78 is 26.2. The van der Waals surface area contributed by atoms with Gasteiger partial charge in [0.2, 0.25) is 15.9 Å². The van der Waals surface area contributed by atoms with Gasteiger partial charge in [-0.15, -0.1) is 0 Å². The molecule has 1 saturated heterocycles. The van der Waals surface area contributed by atoms with E-state index in [1.165, 1.54) is 0 Å². The lowest BCUT2D eigenvalue weighted by molar-refractivity contribution is -0.128. The molecule has 1 N–H and O–H groups in total. The maximum absolute atomic E-state index is 12.0. The Labute approximate surface area is 132 Å². The lowest BCUT2D eigenvalue weighted by Crippen LogP contribution is -2.32. The van der Waals surface area contributed by atoms with E-state index >= 15 is 0 Å². The number of carbonyl (C=O) groups is 1. The number of sulfonamides is 1. The minimum absolute atomic E-state index is 0.0626. The Morgan fingerprint density at radius 3 is 2.68 bits per heavy atom. The third-order valence-corrected chi connectivity index (χ3v) is 5.30.